The molecule has 126 valence electrons. The smallest absolute Gasteiger partial charge is 0.267 e. The second-order valence-electron chi connectivity index (χ2n) is 5.66. The quantitative estimate of drug-likeness (QED) is 0.456. The minimum absolute atomic E-state index is 0.319. The first-order valence-corrected chi connectivity index (χ1v) is 8.83. The van der Waals surface area contributed by atoms with Crippen molar-refractivity contribution in [3.8, 4) is 0 Å². The van der Waals surface area contributed by atoms with Crippen molar-refractivity contribution in [2.24, 2.45) is 0 Å². The summed E-state index contributed by atoms with van der Waals surface area (Å²) < 4.78 is 7.77. The highest BCUT2D eigenvalue weighted by molar-refractivity contribution is 14.1. The van der Waals surface area contributed by atoms with Crippen molar-refractivity contribution in [3.63, 3.8) is 0 Å². The van der Waals surface area contributed by atoms with Crippen LogP contribution in [0.1, 0.15) is 20.7 Å². The average Bonchev–Trinajstić information content (AvgIpc) is 3.10. The first-order valence-electron chi connectivity index (χ1n) is 7.75. The van der Waals surface area contributed by atoms with E-state index < -0.39 is 0 Å². The maximum absolute atomic E-state index is 12.9. The van der Waals surface area contributed by atoms with Gasteiger partial charge in [-0.1, -0.05) is 18.2 Å². The number of halogens is 1. The van der Waals surface area contributed by atoms with Crippen LogP contribution in [0.5, 0.6) is 0 Å². The number of benzene rings is 2. The summed E-state index contributed by atoms with van der Waals surface area (Å²) in [6, 6.07) is 12.6. The van der Waals surface area contributed by atoms with Gasteiger partial charge in [0.1, 0.15) is 5.82 Å². The van der Waals surface area contributed by atoms with E-state index in [1.54, 1.807) is 36.1 Å². The maximum atomic E-state index is 12.9. The van der Waals surface area contributed by atoms with E-state index in [1.165, 1.54) is 4.90 Å². The van der Waals surface area contributed by atoms with Gasteiger partial charge in [0.25, 0.3) is 11.8 Å². The van der Waals surface area contributed by atoms with Crippen molar-refractivity contribution in [1.82, 2.24) is 9.78 Å². The van der Waals surface area contributed by atoms with Crippen molar-refractivity contribution in [1.29, 1.82) is 0 Å². The Morgan fingerprint density at radius 1 is 1.04 bits per heavy atom. The van der Waals surface area contributed by atoms with Gasteiger partial charge in [0.05, 0.1) is 35.2 Å². The Morgan fingerprint density at radius 2 is 1.72 bits per heavy atom. The summed E-state index contributed by atoms with van der Waals surface area (Å²) in [6.07, 6.45) is 0. The summed E-state index contributed by atoms with van der Waals surface area (Å²) in [5, 5.41) is 5.37. The molecular formula is C18H14IN3O3. The van der Waals surface area contributed by atoms with E-state index in [2.05, 4.69) is 27.7 Å². The Morgan fingerprint density at radius 3 is 2.36 bits per heavy atom. The lowest BCUT2D eigenvalue weighted by molar-refractivity contribution is 0.0922. The Kier molecular flexibility index (Phi) is 4.04. The lowest BCUT2D eigenvalue weighted by Crippen LogP contribution is -2.32. The minimum Gasteiger partial charge on any atom is -0.383 e. The van der Waals surface area contributed by atoms with Gasteiger partial charge < -0.3 is 4.74 Å². The minimum atomic E-state index is -0.319. The molecule has 2 heterocycles. The van der Waals surface area contributed by atoms with Crippen molar-refractivity contribution in [2.45, 2.75) is 6.54 Å². The van der Waals surface area contributed by atoms with E-state index in [9.17, 15) is 9.59 Å². The summed E-state index contributed by atoms with van der Waals surface area (Å²) in [5.74, 6) is -0.135. The van der Waals surface area contributed by atoms with Crippen LogP contribution in [0.4, 0.5) is 5.82 Å². The van der Waals surface area contributed by atoms with Crippen LogP contribution in [-0.2, 0) is 11.3 Å². The number of carbonyl (C=O) groups is 2. The summed E-state index contributed by atoms with van der Waals surface area (Å²) in [5.41, 5.74) is 1.59. The molecule has 1 aliphatic heterocycles. The molecule has 0 atom stereocenters. The molecule has 6 nitrogen and oxygen atoms in total. The van der Waals surface area contributed by atoms with Crippen LogP contribution in [0.3, 0.4) is 0 Å². The number of rotatable bonds is 4. The van der Waals surface area contributed by atoms with Crippen molar-refractivity contribution >= 4 is 51.1 Å². The predicted octanol–water partition coefficient (Wildman–Crippen LogP) is 3.09. The fraction of sp³-hybridized carbons (Fsp3) is 0.167. The van der Waals surface area contributed by atoms with Crippen LogP contribution >= 0.6 is 22.6 Å². The SMILES string of the molecule is COCCn1nc2cccc(I)c2c1N1C(=O)c2ccccc2C1=O. The van der Waals surface area contributed by atoms with Crippen LogP contribution in [0, 0.1) is 3.57 Å². The standard InChI is InChI=1S/C18H14IN3O3/c1-25-10-9-21-16(15-13(19)7-4-8-14(15)20-21)22-17(23)11-5-2-3-6-12(11)18(22)24/h2-8H,9-10H2,1H3. The highest BCUT2D eigenvalue weighted by Crippen LogP contribution is 2.36. The van der Waals surface area contributed by atoms with Gasteiger partial charge in [-0.15, -0.1) is 0 Å². The Balaban J connectivity index is 1.95. The van der Waals surface area contributed by atoms with Crippen LogP contribution in [-0.4, -0.2) is 35.3 Å². The van der Waals surface area contributed by atoms with Gasteiger partial charge in [-0.05, 0) is 46.9 Å². The van der Waals surface area contributed by atoms with Gasteiger partial charge in [-0.3, -0.25) is 9.59 Å². The fourth-order valence-corrected chi connectivity index (χ4v) is 3.79. The number of nitrogens with zero attached hydrogens (tertiary/aromatic N) is 3. The van der Waals surface area contributed by atoms with Crippen LogP contribution in [0.2, 0.25) is 0 Å². The van der Waals surface area contributed by atoms with Crippen LogP contribution in [0.15, 0.2) is 42.5 Å². The number of hydrogen-bond acceptors (Lipinski definition) is 4. The van der Waals surface area contributed by atoms with Crippen molar-refractivity contribution < 1.29 is 14.3 Å². The highest BCUT2D eigenvalue weighted by Gasteiger charge is 2.39. The number of aromatic nitrogens is 2. The summed E-state index contributed by atoms with van der Waals surface area (Å²) in [4.78, 5) is 27.1. The molecule has 0 N–H and O–H groups in total. The second kappa shape index (κ2) is 6.23. The zero-order valence-electron chi connectivity index (χ0n) is 13.4. The number of methoxy groups -OCH3 is 1. The molecule has 0 aliphatic carbocycles. The van der Waals surface area contributed by atoms with E-state index >= 15 is 0 Å². The van der Waals surface area contributed by atoms with Gasteiger partial charge in [-0.25, -0.2) is 9.58 Å². The topological polar surface area (TPSA) is 64.4 Å². The molecule has 7 heteroatoms. The molecule has 0 bridgehead atoms. The number of ether oxygens (including phenoxy) is 1. The zero-order chi connectivity index (χ0) is 17.6. The van der Waals surface area contributed by atoms with Crippen LogP contribution in [0.25, 0.3) is 10.9 Å². The monoisotopic (exact) mass is 447 g/mol. The molecule has 3 aromatic rings. The van der Waals surface area contributed by atoms with Gasteiger partial charge >= 0.3 is 0 Å². The number of amides is 2. The average molecular weight is 447 g/mol. The molecule has 0 fully saturated rings. The number of fused-ring (bicyclic) bond motifs is 2. The highest BCUT2D eigenvalue weighted by atomic mass is 127. The second-order valence-corrected chi connectivity index (χ2v) is 6.83. The molecule has 25 heavy (non-hydrogen) atoms. The molecule has 0 spiro atoms. The Hall–Kier alpha value is -2.26. The Labute approximate surface area is 157 Å². The van der Waals surface area contributed by atoms with E-state index in [4.69, 9.17) is 4.74 Å². The maximum Gasteiger partial charge on any atom is 0.267 e. The number of carbonyl (C=O) groups excluding carboxylic acids is 2. The first-order chi connectivity index (χ1) is 12.1. The molecule has 4 rings (SSSR count). The molecule has 2 amide bonds. The molecule has 0 saturated heterocycles. The Bertz CT molecular complexity index is 977. The first kappa shape index (κ1) is 16.2. The summed E-state index contributed by atoms with van der Waals surface area (Å²) in [6.45, 7) is 0.880. The summed E-state index contributed by atoms with van der Waals surface area (Å²) in [7, 11) is 1.61. The lowest BCUT2D eigenvalue weighted by Gasteiger charge is -2.16. The van der Waals surface area contributed by atoms with E-state index in [1.807, 2.05) is 18.2 Å². The largest absolute Gasteiger partial charge is 0.383 e. The lowest BCUT2D eigenvalue weighted by atomic mass is 10.1. The molecule has 1 aromatic heterocycles. The van der Waals surface area contributed by atoms with Crippen molar-refractivity contribution in [2.75, 3.05) is 18.6 Å². The van der Waals surface area contributed by atoms with Gasteiger partial charge in [-0.2, -0.15) is 5.10 Å². The predicted molar refractivity (Wildman–Crippen MR) is 102 cm³/mol. The van der Waals surface area contributed by atoms with Crippen LogP contribution < -0.4 is 4.90 Å². The molecule has 0 unspecified atom stereocenters. The third kappa shape index (κ3) is 2.46. The van der Waals surface area contributed by atoms with E-state index in [0.29, 0.717) is 30.1 Å². The third-order valence-electron chi connectivity index (χ3n) is 4.20. The fourth-order valence-electron chi connectivity index (χ4n) is 3.07. The molecular weight excluding hydrogens is 433 g/mol. The summed E-state index contributed by atoms with van der Waals surface area (Å²) >= 11 is 2.20. The van der Waals surface area contributed by atoms with E-state index in [-0.39, 0.29) is 11.8 Å². The third-order valence-corrected chi connectivity index (χ3v) is 5.10. The normalized spacial score (nSPS) is 13.8. The van der Waals surface area contributed by atoms with E-state index in [0.717, 1.165) is 14.5 Å². The number of imide groups is 1. The molecule has 0 radical (unpaired) electrons. The van der Waals surface area contributed by atoms with Gasteiger partial charge in [0, 0.05) is 10.7 Å². The molecule has 1 aliphatic rings. The number of hydrogen-bond donors (Lipinski definition) is 0. The number of anilines is 1. The molecule has 0 saturated carbocycles. The van der Waals surface area contributed by atoms with Crippen molar-refractivity contribution in [3.05, 3.63) is 57.2 Å². The van der Waals surface area contributed by atoms with Gasteiger partial charge in [0.15, 0.2) is 0 Å². The zero-order valence-corrected chi connectivity index (χ0v) is 15.6. The van der Waals surface area contributed by atoms with Gasteiger partial charge in [0.2, 0.25) is 0 Å². The molecule has 2 aromatic carbocycles.